The van der Waals surface area contributed by atoms with Crippen molar-refractivity contribution >= 4 is 17.5 Å². The second-order valence-electron chi connectivity index (χ2n) is 8.50. The number of nitrogens with zero attached hydrogens (tertiary/aromatic N) is 5. The number of hydrogen-bond donors (Lipinski definition) is 1. The number of likely N-dealkylation sites (tertiary alicyclic amines) is 1. The van der Waals surface area contributed by atoms with Gasteiger partial charge >= 0.3 is 0 Å². The van der Waals surface area contributed by atoms with Crippen LogP contribution in [0.25, 0.3) is 5.69 Å². The summed E-state index contributed by atoms with van der Waals surface area (Å²) in [6.07, 6.45) is 3.12. The summed E-state index contributed by atoms with van der Waals surface area (Å²) >= 11 is 0. The summed E-state index contributed by atoms with van der Waals surface area (Å²) in [7, 11) is 0. The topological polar surface area (TPSA) is 102 Å². The monoisotopic (exact) mass is 466 g/mol. The molecule has 3 aromatic rings. The summed E-state index contributed by atoms with van der Waals surface area (Å²) < 4.78 is 21.4. The average Bonchev–Trinajstić information content (AvgIpc) is 3.25. The molecule has 1 aliphatic rings. The molecule has 0 radical (unpaired) electrons. The highest BCUT2D eigenvalue weighted by molar-refractivity contribution is 6.04. The number of aromatic nitrogens is 4. The van der Waals surface area contributed by atoms with E-state index in [-0.39, 0.29) is 30.3 Å². The van der Waals surface area contributed by atoms with Crippen molar-refractivity contribution in [2.45, 2.75) is 52.1 Å². The molecule has 2 amide bonds. The molecule has 2 aromatic carbocycles. The van der Waals surface area contributed by atoms with E-state index in [1.165, 1.54) is 22.9 Å². The van der Waals surface area contributed by atoms with Crippen molar-refractivity contribution in [3.8, 4) is 11.4 Å². The molecule has 1 aliphatic heterocycles. The van der Waals surface area contributed by atoms with Crippen molar-refractivity contribution in [3.63, 3.8) is 0 Å². The number of rotatable bonds is 6. The van der Waals surface area contributed by atoms with Crippen molar-refractivity contribution in [1.29, 1.82) is 0 Å². The highest BCUT2D eigenvalue weighted by Crippen LogP contribution is 2.23. The van der Waals surface area contributed by atoms with E-state index in [0.717, 1.165) is 19.3 Å². The van der Waals surface area contributed by atoms with E-state index in [1.54, 1.807) is 31.2 Å². The minimum Gasteiger partial charge on any atom is -0.484 e. The van der Waals surface area contributed by atoms with E-state index in [4.69, 9.17) is 4.74 Å². The number of carbonyl (C=O) groups excluding carboxylic acids is 2. The first-order valence-electron chi connectivity index (χ1n) is 11.2. The van der Waals surface area contributed by atoms with Crippen molar-refractivity contribution in [3.05, 3.63) is 59.7 Å². The molecule has 0 bridgehead atoms. The van der Waals surface area contributed by atoms with Gasteiger partial charge in [-0.15, -0.1) is 5.10 Å². The first kappa shape index (κ1) is 23.3. The van der Waals surface area contributed by atoms with Crippen LogP contribution in [0.3, 0.4) is 0 Å². The Hall–Kier alpha value is -3.82. The summed E-state index contributed by atoms with van der Waals surface area (Å²) in [4.78, 5) is 27.2. The lowest BCUT2D eigenvalue weighted by molar-refractivity contribution is -0.139. The number of piperidine rings is 1. The number of anilines is 1. The van der Waals surface area contributed by atoms with E-state index in [1.807, 2.05) is 4.90 Å². The van der Waals surface area contributed by atoms with E-state index in [2.05, 4.69) is 34.7 Å². The second-order valence-corrected chi connectivity index (χ2v) is 8.50. The molecule has 1 fully saturated rings. The maximum atomic E-state index is 14.3. The molecule has 34 heavy (non-hydrogen) atoms. The van der Waals surface area contributed by atoms with Crippen LogP contribution in [0, 0.1) is 12.7 Å². The van der Waals surface area contributed by atoms with E-state index < -0.39 is 11.7 Å². The lowest BCUT2D eigenvalue weighted by Gasteiger charge is -2.38. The van der Waals surface area contributed by atoms with Crippen LogP contribution in [0.5, 0.6) is 5.75 Å². The van der Waals surface area contributed by atoms with Crippen molar-refractivity contribution in [2.75, 3.05) is 11.9 Å². The molecule has 0 aliphatic carbocycles. The molecule has 9 nitrogen and oxygen atoms in total. The van der Waals surface area contributed by atoms with Crippen LogP contribution in [0.1, 0.15) is 49.3 Å². The lowest BCUT2D eigenvalue weighted by atomic mass is 9.97. The molecule has 0 spiro atoms. The zero-order valence-electron chi connectivity index (χ0n) is 19.4. The fourth-order valence-corrected chi connectivity index (χ4v) is 4.24. The van der Waals surface area contributed by atoms with E-state index in [9.17, 15) is 14.0 Å². The van der Waals surface area contributed by atoms with Crippen LogP contribution in [0.15, 0.2) is 42.5 Å². The maximum absolute atomic E-state index is 14.3. The number of amides is 2. The summed E-state index contributed by atoms with van der Waals surface area (Å²) in [6, 6.07) is 11.0. The summed E-state index contributed by atoms with van der Waals surface area (Å²) in [5.74, 6) is -0.105. The number of benzene rings is 2. The molecule has 2 heterocycles. The Morgan fingerprint density at radius 3 is 2.47 bits per heavy atom. The number of hydrogen-bond acceptors (Lipinski definition) is 6. The van der Waals surface area contributed by atoms with Crippen molar-refractivity contribution in [2.24, 2.45) is 0 Å². The van der Waals surface area contributed by atoms with Gasteiger partial charge in [0.2, 0.25) is 0 Å². The number of ether oxygens (including phenoxy) is 1. The van der Waals surface area contributed by atoms with Gasteiger partial charge in [0.1, 0.15) is 11.6 Å². The predicted molar refractivity (Wildman–Crippen MR) is 123 cm³/mol. The summed E-state index contributed by atoms with van der Waals surface area (Å²) in [5, 5.41) is 13.8. The highest BCUT2D eigenvalue weighted by Gasteiger charge is 2.29. The Labute approximate surface area is 196 Å². The SMILES string of the molecule is Cc1nnnn1-c1ccc(F)c(NC(=O)c2ccc(OCC(=O)N3C(C)CCCC3C)cc2)c1. The Morgan fingerprint density at radius 1 is 1.12 bits per heavy atom. The van der Waals surface area contributed by atoms with E-state index >= 15 is 0 Å². The Bertz CT molecular complexity index is 1170. The van der Waals surface area contributed by atoms with Gasteiger partial charge in [-0.3, -0.25) is 9.59 Å². The van der Waals surface area contributed by atoms with Crippen LogP contribution in [0.2, 0.25) is 0 Å². The third-order valence-corrected chi connectivity index (χ3v) is 6.03. The number of halogens is 1. The van der Waals surface area contributed by atoms with Gasteiger partial charge < -0.3 is 15.0 Å². The van der Waals surface area contributed by atoms with Gasteiger partial charge in [-0.05, 0) is 92.9 Å². The third kappa shape index (κ3) is 5.05. The fraction of sp³-hybridized carbons (Fsp3) is 0.375. The van der Waals surface area contributed by atoms with Crippen molar-refractivity contribution in [1.82, 2.24) is 25.1 Å². The molecule has 10 heteroatoms. The standard InChI is InChI=1S/C24H27FN6O3/c1-15-5-4-6-16(2)30(15)23(32)14-34-20-10-7-18(8-11-20)24(33)26-22-13-19(9-12-21(22)25)31-17(3)27-28-29-31/h7-13,15-16H,4-6,14H2,1-3H3,(H,26,33). The molecule has 4 rings (SSSR count). The third-order valence-electron chi connectivity index (χ3n) is 6.03. The van der Waals surface area contributed by atoms with Gasteiger partial charge in [0, 0.05) is 17.6 Å². The lowest BCUT2D eigenvalue weighted by Crippen LogP contribution is -2.49. The zero-order chi connectivity index (χ0) is 24.2. The smallest absolute Gasteiger partial charge is 0.260 e. The van der Waals surface area contributed by atoms with Gasteiger partial charge in [-0.1, -0.05) is 0 Å². The number of nitrogens with one attached hydrogen (secondary N) is 1. The van der Waals surface area contributed by atoms with Crippen LogP contribution < -0.4 is 10.1 Å². The molecule has 178 valence electrons. The summed E-state index contributed by atoms with van der Waals surface area (Å²) in [5.41, 5.74) is 0.846. The quantitative estimate of drug-likeness (QED) is 0.596. The van der Waals surface area contributed by atoms with Gasteiger partial charge in [-0.25, -0.2) is 4.39 Å². The van der Waals surface area contributed by atoms with Crippen LogP contribution in [0.4, 0.5) is 10.1 Å². The number of tetrazole rings is 1. The Balaban J connectivity index is 1.38. The fourth-order valence-electron chi connectivity index (χ4n) is 4.24. The summed E-state index contributed by atoms with van der Waals surface area (Å²) in [6.45, 7) is 5.77. The molecule has 0 saturated carbocycles. The van der Waals surface area contributed by atoms with Gasteiger partial charge in [0.15, 0.2) is 12.4 Å². The van der Waals surface area contributed by atoms with Gasteiger partial charge in [0.05, 0.1) is 11.4 Å². The predicted octanol–water partition coefficient (Wildman–Crippen LogP) is 3.53. The van der Waals surface area contributed by atoms with Crippen LogP contribution in [-0.4, -0.2) is 55.6 Å². The minimum atomic E-state index is -0.581. The highest BCUT2D eigenvalue weighted by atomic mass is 19.1. The molecule has 1 aromatic heterocycles. The van der Waals surface area contributed by atoms with Crippen LogP contribution in [-0.2, 0) is 4.79 Å². The molecular formula is C24H27FN6O3. The Kier molecular flexibility index (Phi) is 6.85. The zero-order valence-corrected chi connectivity index (χ0v) is 19.4. The number of carbonyl (C=O) groups is 2. The molecule has 2 atom stereocenters. The molecular weight excluding hydrogens is 439 g/mol. The van der Waals surface area contributed by atoms with E-state index in [0.29, 0.717) is 22.8 Å². The number of aryl methyl sites for hydroxylation is 1. The molecule has 2 unspecified atom stereocenters. The van der Waals surface area contributed by atoms with Gasteiger partial charge in [0.25, 0.3) is 11.8 Å². The Morgan fingerprint density at radius 2 is 1.82 bits per heavy atom. The van der Waals surface area contributed by atoms with Crippen molar-refractivity contribution < 1.29 is 18.7 Å². The first-order valence-corrected chi connectivity index (χ1v) is 11.2. The van der Waals surface area contributed by atoms with Gasteiger partial charge in [-0.2, -0.15) is 4.68 Å². The average molecular weight is 467 g/mol. The maximum Gasteiger partial charge on any atom is 0.260 e. The first-order chi connectivity index (χ1) is 16.3. The largest absolute Gasteiger partial charge is 0.484 e. The van der Waals surface area contributed by atoms with Crippen LogP contribution >= 0.6 is 0 Å². The molecule has 1 saturated heterocycles. The molecule has 1 N–H and O–H groups in total. The minimum absolute atomic E-state index is 0.00749. The second kappa shape index (κ2) is 9.98. The normalized spacial score (nSPS) is 17.9.